The summed E-state index contributed by atoms with van der Waals surface area (Å²) in [6, 6.07) is 14.4. The van der Waals surface area contributed by atoms with E-state index in [-0.39, 0.29) is 5.78 Å². The van der Waals surface area contributed by atoms with Crippen LogP contribution in [0.4, 0.5) is 5.69 Å². The van der Waals surface area contributed by atoms with Crippen LogP contribution < -0.4 is 10.2 Å². The van der Waals surface area contributed by atoms with E-state index in [2.05, 4.69) is 15.2 Å². The van der Waals surface area contributed by atoms with Gasteiger partial charge in [0.25, 0.3) is 0 Å². The summed E-state index contributed by atoms with van der Waals surface area (Å²) in [6.45, 7) is 1.96. The monoisotopic (exact) mass is 279 g/mol. The highest BCUT2D eigenvalue weighted by Crippen LogP contribution is 2.31. The molecule has 4 nitrogen and oxygen atoms in total. The average molecular weight is 279 g/mol. The van der Waals surface area contributed by atoms with Gasteiger partial charge in [0.15, 0.2) is 0 Å². The van der Waals surface area contributed by atoms with Gasteiger partial charge in [-0.1, -0.05) is 30.3 Å². The Labute approximate surface area is 123 Å². The zero-order valence-corrected chi connectivity index (χ0v) is 11.7. The van der Waals surface area contributed by atoms with Crippen LogP contribution in [0.1, 0.15) is 22.5 Å². The van der Waals surface area contributed by atoms with Crippen LogP contribution in [-0.2, 0) is 0 Å². The third kappa shape index (κ3) is 2.12. The molecule has 2 aromatic rings. The summed E-state index contributed by atoms with van der Waals surface area (Å²) in [6.07, 6.45) is 2.86. The molecular weight excluding hydrogens is 262 g/mol. The smallest absolute Gasteiger partial charge is 0.213 e. The van der Waals surface area contributed by atoms with Crippen molar-refractivity contribution < 1.29 is 4.79 Å². The molecule has 0 saturated carbocycles. The molecule has 2 atom stereocenters. The van der Waals surface area contributed by atoms with Crippen molar-refractivity contribution in [2.75, 3.05) is 18.0 Å². The Morgan fingerprint density at radius 3 is 2.76 bits per heavy atom. The second kappa shape index (κ2) is 4.97. The average Bonchev–Trinajstić information content (AvgIpc) is 3.18. The molecule has 4 rings (SSSR count). The van der Waals surface area contributed by atoms with Gasteiger partial charge in [-0.15, -0.1) is 0 Å². The number of fused-ring (bicyclic) bond motifs is 2. The molecule has 0 spiro atoms. The summed E-state index contributed by atoms with van der Waals surface area (Å²) in [5.41, 5.74) is 2.23. The first kappa shape index (κ1) is 12.5. The van der Waals surface area contributed by atoms with Crippen LogP contribution in [0, 0.1) is 0 Å². The van der Waals surface area contributed by atoms with Crippen LogP contribution in [0.25, 0.3) is 0 Å². The number of piperazine rings is 1. The van der Waals surface area contributed by atoms with Crippen LogP contribution in [-0.4, -0.2) is 35.9 Å². The predicted octanol–water partition coefficient (Wildman–Crippen LogP) is 1.86. The predicted molar refractivity (Wildman–Crippen MR) is 81.7 cm³/mol. The number of hydrogen-bond acceptors (Lipinski definition) is 4. The second-order valence-corrected chi connectivity index (χ2v) is 5.71. The van der Waals surface area contributed by atoms with Crippen LogP contribution in [0.2, 0.25) is 0 Å². The van der Waals surface area contributed by atoms with E-state index < -0.39 is 0 Å². The maximum Gasteiger partial charge on any atom is 0.213 e. The number of benzene rings is 1. The van der Waals surface area contributed by atoms with Crippen LogP contribution in [0.5, 0.6) is 0 Å². The minimum atomic E-state index is 0.00179. The quantitative estimate of drug-likeness (QED) is 0.871. The minimum absolute atomic E-state index is 0.00179. The molecule has 2 unspecified atom stereocenters. The molecule has 2 aliphatic rings. The van der Waals surface area contributed by atoms with E-state index in [1.165, 1.54) is 0 Å². The van der Waals surface area contributed by atoms with E-state index in [1.807, 2.05) is 42.5 Å². The van der Waals surface area contributed by atoms with E-state index in [0.29, 0.717) is 23.3 Å². The number of ketones is 1. The van der Waals surface area contributed by atoms with Gasteiger partial charge in [0.1, 0.15) is 5.69 Å². The van der Waals surface area contributed by atoms with E-state index in [0.717, 1.165) is 25.2 Å². The zero-order chi connectivity index (χ0) is 14.2. The van der Waals surface area contributed by atoms with Gasteiger partial charge in [-0.25, -0.2) is 0 Å². The third-order valence-electron chi connectivity index (χ3n) is 4.40. The van der Waals surface area contributed by atoms with E-state index >= 15 is 0 Å². The van der Waals surface area contributed by atoms with Crippen molar-refractivity contribution in [1.29, 1.82) is 0 Å². The van der Waals surface area contributed by atoms with Gasteiger partial charge in [0.2, 0.25) is 5.78 Å². The SMILES string of the molecule is O=C(c1ccccc1)c1ncccc1N1CC2CC1CN2. The van der Waals surface area contributed by atoms with Gasteiger partial charge in [-0.3, -0.25) is 9.78 Å². The molecule has 1 aromatic carbocycles. The number of nitrogens with zero attached hydrogens (tertiary/aromatic N) is 2. The van der Waals surface area contributed by atoms with Gasteiger partial charge in [-0.05, 0) is 18.6 Å². The Bertz CT molecular complexity index is 671. The lowest BCUT2D eigenvalue weighted by Crippen LogP contribution is -2.44. The lowest BCUT2D eigenvalue weighted by Gasteiger charge is -2.30. The van der Waals surface area contributed by atoms with Crippen molar-refractivity contribution in [1.82, 2.24) is 10.3 Å². The summed E-state index contributed by atoms with van der Waals surface area (Å²) in [7, 11) is 0. The standard InChI is InChI=1S/C17H17N3O/c21-17(12-5-2-1-3-6-12)16-15(7-4-8-18-16)20-11-13-9-14(20)10-19-13/h1-8,13-14,19H,9-11H2. The van der Waals surface area contributed by atoms with Crippen LogP contribution in [0.3, 0.4) is 0 Å². The highest BCUT2D eigenvalue weighted by atomic mass is 16.1. The topological polar surface area (TPSA) is 45.2 Å². The summed E-state index contributed by atoms with van der Waals surface area (Å²) in [4.78, 5) is 19.4. The van der Waals surface area contributed by atoms with E-state index in [4.69, 9.17) is 0 Å². The first-order chi connectivity index (χ1) is 10.3. The Hall–Kier alpha value is -2.20. The highest BCUT2D eigenvalue weighted by molar-refractivity contribution is 6.11. The van der Waals surface area contributed by atoms with Crippen molar-refractivity contribution in [2.45, 2.75) is 18.5 Å². The molecule has 2 bridgehead atoms. The third-order valence-corrected chi connectivity index (χ3v) is 4.40. The van der Waals surface area contributed by atoms with Crippen molar-refractivity contribution in [3.63, 3.8) is 0 Å². The summed E-state index contributed by atoms with van der Waals surface area (Å²) >= 11 is 0. The molecule has 2 fully saturated rings. The fourth-order valence-corrected chi connectivity index (χ4v) is 3.39. The molecule has 3 heterocycles. The number of hydrogen-bond donors (Lipinski definition) is 1. The van der Waals surface area contributed by atoms with Crippen LogP contribution in [0.15, 0.2) is 48.7 Å². The number of pyridine rings is 1. The van der Waals surface area contributed by atoms with Crippen molar-refractivity contribution in [3.8, 4) is 0 Å². The van der Waals surface area contributed by atoms with Gasteiger partial charge in [-0.2, -0.15) is 0 Å². The molecule has 0 amide bonds. The molecular formula is C17H17N3O. The Morgan fingerprint density at radius 1 is 1.19 bits per heavy atom. The maximum atomic E-state index is 12.7. The number of carbonyl (C=O) groups is 1. The molecule has 1 aromatic heterocycles. The van der Waals surface area contributed by atoms with Crippen molar-refractivity contribution >= 4 is 11.5 Å². The molecule has 4 heteroatoms. The molecule has 1 N–H and O–H groups in total. The molecule has 0 aliphatic carbocycles. The summed E-state index contributed by atoms with van der Waals surface area (Å²) in [5, 5.41) is 3.49. The van der Waals surface area contributed by atoms with Crippen molar-refractivity contribution in [2.24, 2.45) is 0 Å². The number of rotatable bonds is 3. The first-order valence-corrected chi connectivity index (χ1v) is 7.38. The molecule has 2 saturated heterocycles. The Balaban J connectivity index is 1.72. The lowest BCUT2D eigenvalue weighted by atomic mass is 10.1. The highest BCUT2D eigenvalue weighted by Gasteiger charge is 2.39. The fraction of sp³-hybridized carbons (Fsp3) is 0.294. The van der Waals surface area contributed by atoms with E-state index in [9.17, 15) is 4.79 Å². The summed E-state index contributed by atoms with van der Waals surface area (Å²) in [5.74, 6) is 0.00179. The lowest BCUT2D eigenvalue weighted by molar-refractivity contribution is 0.103. The second-order valence-electron chi connectivity index (χ2n) is 5.71. The number of carbonyl (C=O) groups excluding carboxylic acids is 1. The fourth-order valence-electron chi connectivity index (χ4n) is 3.39. The number of nitrogens with one attached hydrogen (secondary N) is 1. The zero-order valence-electron chi connectivity index (χ0n) is 11.7. The normalized spacial score (nSPS) is 23.5. The summed E-state index contributed by atoms with van der Waals surface area (Å²) < 4.78 is 0. The number of anilines is 1. The van der Waals surface area contributed by atoms with Gasteiger partial charge >= 0.3 is 0 Å². The minimum Gasteiger partial charge on any atom is -0.364 e. The Morgan fingerprint density at radius 2 is 2.05 bits per heavy atom. The van der Waals surface area contributed by atoms with Crippen LogP contribution >= 0.6 is 0 Å². The van der Waals surface area contributed by atoms with Gasteiger partial charge in [0, 0.05) is 36.9 Å². The van der Waals surface area contributed by atoms with E-state index in [1.54, 1.807) is 6.20 Å². The largest absolute Gasteiger partial charge is 0.364 e. The molecule has 106 valence electrons. The van der Waals surface area contributed by atoms with Crippen molar-refractivity contribution in [3.05, 3.63) is 59.9 Å². The molecule has 2 aliphatic heterocycles. The Kier molecular flexibility index (Phi) is 2.97. The first-order valence-electron chi connectivity index (χ1n) is 7.38. The molecule has 21 heavy (non-hydrogen) atoms. The number of aromatic nitrogens is 1. The van der Waals surface area contributed by atoms with Gasteiger partial charge < -0.3 is 10.2 Å². The van der Waals surface area contributed by atoms with Gasteiger partial charge in [0.05, 0.1) is 5.69 Å². The maximum absolute atomic E-state index is 12.7. The molecule has 0 radical (unpaired) electrons.